The van der Waals surface area contributed by atoms with Crippen molar-refractivity contribution in [2.24, 2.45) is 7.05 Å². The van der Waals surface area contributed by atoms with Crippen molar-refractivity contribution in [1.82, 2.24) is 14.9 Å². The second-order valence-electron chi connectivity index (χ2n) is 6.93. The number of benzene rings is 1. The van der Waals surface area contributed by atoms with Gasteiger partial charge < -0.3 is 5.32 Å². The van der Waals surface area contributed by atoms with Crippen LogP contribution in [0.4, 0.5) is 0 Å². The molecule has 1 aromatic carbocycles. The highest BCUT2D eigenvalue weighted by Crippen LogP contribution is 2.35. The predicted octanol–water partition coefficient (Wildman–Crippen LogP) is 4.11. The van der Waals surface area contributed by atoms with E-state index in [1.54, 1.807) is 23.0 Å². The Labute approximate surface area is 176 Å². The molecule has 0 aliphatic heterocycles. The average Bonchev–Trinajstić information content (AvgIpc) is 3.24. The Morgan fingerprint density at radius 2 is 2.11 bits per heavy atom. The summed E-state index contributed by atoms with van der Waals surface area (Å²) in [6.07, 6.45) is 3.11. The number of rotatable bonds is 5. The maximum Gasteiger partial charge on any atom is 0.262 e. The Hall–Kier alpha value is -1.83. The van der Waals surface area contributed by atoms with Gasteiger partial charge in [0.2, 0.25) is 5.91 Å². The van der Waals surface area contributed by atoms with Crippen LogP contribution in [0, 0.1) is 0 Å². The molecule has 2 aromatic heterocycles. The number of aryl methyl sites for hydroxylation is 2. The molecule has 0 saturated heterocycles. The number of amides is 1. The molecule has 1 N–H and O–H groups in total. The first kappa shape index (κ1) is 19.5. The fourth-order valence-corrected chi connectivity index (χ4v) is 5.69. The summed E-state index contributed by atoms with van der Waals surface area (Å²) in [5.41, 5.74) is 2.16. The van der Waals surface area contributed by atoms with Gasteiger partial charge in [-0.3, -0.25) is 14.2 Å². The maximum absolute atomic E-state index is 12.8. The SMILES string of the molecule is CC(NC(=O)CSc1nc2sc3c(c2c(=O)n1C)CCC3)c1ccc(Cl)cc1. The number of aromatic nitrogens is 2. The molecule has 0 saturated carbocycles. The number of carbonyl (C=O) groups excluding carboxylic acids is 1. The molecule has 0 bridgehead atoms. The Bertz CT molecular complexity index is 1110. The van der Waals surface area contributed by atoms with Gasteiger partial charge in [-0.2, -0.15) is 0 Å². The van der Waals surface area contributed by atoms with Gasteiger partial charge in [-0.1, -0.05) is 35.5 Å². The van der Waals surface area contributed by atoms with E-state index in [1.807, 2.05) is 31.2 Å². The molecule has 2 heterocycles. The highest BCUT2D eigenvalue weighted by atomic mass is 35.5. The number of hydrogen-bond acceptors (Lipinski definition) is 5. The molecule has 0 spiro atoms. The van der Waals surface area contributed by atoms with E-state index in [1.165, 1.54) is 22.2 Å². The van der Waals surface area contributed by atoms with E-state index in [0.29, 0.717) is 10.2 Å². The molecular weight excluding hydrogens is 414 g/mol. The van der Waals surface area contributed by atoms with Crippen LogP contribution >= 0.6 is 34.7 Å². The number of nitrogens with one attached hydrogen (secondary N) is 1. The fourth-order valence-electron chi connectivity index (χ4n) is 3.48. The molecule has 1 amide bonds. The van der Waals surface area contributed by atoms with Crippen LogP contribution in [0.3, 0.4) is 0 Å². The third-order valence-electron chi connectivity index (χ3n) is 4.99. The van der Waals surface area contributed by atoms with Gasteiger partial charge in [0.15, 0.2) is 5.16 Å². The number of thiophene rings is 1. The Balaban J connectivity index is 1.46. The minimum Gasteiger partial charge on any atom is -0.349 e. The van der Waals surface area contributed by atoms with Crippen LogP contribution in [0.15, 0.2) is 34.2 Å². The topological polar surface area (TPSA) is 64.0 Å². The van der Waals surface area contributed by atoms with E-state index < -0.39 is 0 Å². The van der Waals surface area contributed by atoms with Crippen molar-refractivity contribution in [3.63, 3.8) is 0 Å². The zero-order valence-corrected chi connectivity index (χ0v) is 18.0. The van der Waals surface area contributed by atoms with Gasteiger partial charge in [-0.05, 0) is 49.4 Å². The van der Waals surface area contributed by atoms with E-state index in [2.05, 4.69) is 10.3 Å². The van der Waals surface area contributed by atoms with E-state index in [0.717, 1.165) is 35.0 Å². The monoisotopic (exact) mass is 433 g/mol. The van der Waals surface area contributed by atoms with Crippen molar-refractivity contribution < 1.29 is 4.79 Å². The highest BCUT2D eigenvalue weighted by Gasteiger charge is 2.22. The maximum atomic E-state index is 12.8. The van der Waals surface area contributed by atoms with Crippen molar-refractivity contribution in [1.29, 1.82) is 0 Å². The highest BCUT2D eigenvalue weighted by molar-refractivity contribution is 7.99. The smallest absolute Gasteiger partial charge is 0.262 e. The van der Waals surface area contributed by atoms with Crippen molar-refractivity contribution in [2.75, 3.05) is 5.75 Å². The summed E-state index contributed by atoms with van der Waals surface area (Å²) < 4.78 is 1.56. The first-order valence-electron chi connectivity index (χ1n) is 9.13. The van der Waals surface area contributed by atoms with Gasteiger partial charge in [0.25, 0.3) is 5.56 Å². The van der Waals surface area contributed by atoms with Crippen molar-refractivity contribution in [3.8, 4) is 0 Å². The molecule has 1 aliphatic rings. The number of fused-ring (bicyclic) bond motifs is 3. The number of nitrogens with zero attached hydrogens (tertiary/aromatic N) is 2. The molecule has 1 unspecified atom stereocenters. The van der Waals surface area contributed by atoms with Crippen LogP contribution in [0.2, 0.25) is 5.02 Å². The third kappa shape index (κ3) is 3.71. The molecule has 1 atom stereocenters. The molecule has 1 aliphatic carbocycles. The van der Waals surface area contributed by atoms with Crippen LogP contribution in [-0.2, 0) is 24.7 Å². The molecule has 28 heavy (non-hydrogen) atoms. The van der Waals surface area contributed by atoms with Gasteiger partial charge in [0.05, 0.1) is 17.2 Å². The summed E-state index contributed by atoms with van der Waals surface area (Å²) >= 11 is 8.82. The Kier molecular flexibility index (Phi) is 5.49. The number of hydrogen-bond donors (Lipinski definition) is 1. The van der Waals surface area contributed by atoms with Crippen LogP contribution < -0.4 is 10.9 Å². The summed E-state index contributed by atoms with van der Waals surface area (Å²) in [7, 11) is 1.73. The van der Waals surface area contributed by atoms with Crippen molar-refractivity contribution in [2.45, 2.75) is 37.4 Å². The molecule has 4 rings (SSSR count). The molecule has 5 nitrogen and oxygen atoms in total. The van der Waals surface area contributed by atoms with Gasteiger partial charge in [-0.15, -0.1) is 11.3 Å². The largest absolute Gasteiger partial charge is 0.349 e. The lowest BCUT2D eigenvalue weighted by Crippen LogP contribution is -2.28. The standard InChI is InChI=1S/C20H20ClN3O2S2/c1-11(12-6-8-13(21)9-7-12)22-16(25)10-27-20-23-18-17(19(26)24(20)2)14-4-3-5-15(14)28-18/h6-9,11H,3-5,10H2,1-2H3,(H,22,25). The van der Waals surface area contributed by atoms with Gasteiger partial charge in [-0.25, -0.2) is 4.98 Å². The van der Waals surface area contributed by atoms with Crippen LogP contribution in [0.1, 0.15) is 35.4 Å². The van der Waals surface area contributed by atoms with Gasteiger partial charge in [0.1, 0.15) is 4.83 Å². The summed E-state index contributed by atoms with van der Waals surface area (Å²) in [6, 6.07) is 7.29. The average molecular weight is 434 g/mol. The lowest BCUT2D eigenvalue weighted by Gasteiger charge is -2.14. The number of thioether (sulfide) groups is 1. The molecular formula is C20H20ClN3O2S2. The second kappa shape index (κ2) is 7.89. The summed E-state index contributed by atoms with van der Waals surface area (Å²) in [6.45, 7) is 1.93. The van der Waals surface area contributed by atoms with Crippen LogP contribution in [-0.4, -0.2) is 21.2 Å². The Morgan fingerprint density at radius 1 is 1.36 bits per heavy atom. The minimum absolute atomic E-state index is 0.0122. The van der Waals surface area contributed by atoms with Crippen molar-refractivity contribution >= 4 is 50.8 Å². The first-order chi connectivity index (χ1) is 13.4. The van der Waals surface area contributed by atoms with Crippen molar-refractivity contribution in [3.05, 3.63) is 55.6 Å². The molecule has 0 fully saturated rings. The number of halogens is 1. The number of carbonyl (C=O) groups is 1. The minimum atomic E-state index is -0.120. The van der Waals surface area contributed by atoms with Gasteiger partial charge in [0, 0.05) is 16.9 Å². The molecule has 146 valence electrons. The summed E-state index contributed by atoms with van der Waals surface area (Å²) in [5.74, 6) is 0.102. The lowest BCUT2D eigenvalue weighted by molar-refractivity contribution is -0.119. The molecule has 8 heteroatoms. The zero-order chi connectivity index (χ0) is 19.8. The Morgan fingerprint density at radius 3 is 2.86 bits per heavy atom. The summed E-state index contributed by atoms with van der Waals surface area (Å²) in [5, 5.41) is 4.98. The quantitative estimate of drug-likeness (QED) is 0.486. The van der Waals surface area contributed by atoms with Crippen LogP contribution in [0.25, 0.3) is 10.2 Å². The van der Waals surface area contributed by atoms with E-state index in [-0.39, 0.29) is 23.3 Å². The van der Waals surface area contributed by atoms with E-state index in [4.69, 9.17) is 11.6 Å². The summed E-state index contributed by atoms with van der Waals surface area (Å²) in [4.78, 5) is 31.9. The zero-order valence-electron chi connectivity index (χ0n) is 15.6. The van der Waals surface area contributed by atoms with Gasteiger partial charge >= 0.3 is 0 Å². The third-order valence-corrected chi connectivity index (χ3v) is 7.45. The van der Waals surface area contributed by atoms with E-state index >= 15 is 0 Å². The predicted molar refractivity (Wildman–Crippen MR) is 116 cm³/mol. The fraction of sp³-hybridized carbons (Fsp3) is 0.350. The lowest BCUT2D eigenvalue weighted by atomic mass is 10.1. The molecule has 3 aromatic rings. The first-order valence-corrected chi connectivity index (χ1v) is 11.3. The normalized spacial score (nSPS) is 14.2. The van der Waals surface area contributed by atoms with E-state index in [9.17, 15) is 9.59 Å². The second-order valence-corrected chi connectivity index (χ2v) is 9.39. The molecule has 0 radical (unpaired) electrons. The van der Waals surface area contributed by atoms with Crippen LogP contribution in [0.5, 0.6) is 0 Å².